The molecular weight excluding hydrogens is 200 g/mol. The molecule has 3 heteroatoms. The Morgan fingerprint density at radius 2 is 1.81 bits per heavy atom. The smallest absolute Gasteiger partial charge is 0.0682 e. The van der Waals surface area contributed by atoms with Crippen LogP contribution in [0.15, 0.2) is 18.2 Å². The third-order valence-corrected chi connectivity index (χ3v) is 3.22. The molecule has 3 N–H and O–H groups in total. The maximum atomic E-state index is 9.04. The average molecular weight is 220 g/mol. The van der Waals surface area contributed by atoms with E-state index in [1.165, 1.54) is 25.7 Å². The van der Waals surface area contributed by atoms with Gasteiger partial charge in [0.1, 0.15) is 0 Å². The van der Waals surface area contributed by atoms with Crippen molar-refractivity contribution in [1.29, 1.82) is 0 Å². The molecule has 0 aliphatic carbocycles. The summed E-state index contributed by atoms with van der Waals surface area (Å²) in [4.78, 5) is 2.36. The van der Waals surface area contributed by atoms with Gasteiger partial charge in [0.2, 0.25) is 0 Å². The van der Waals surface area contributed by atoms with Gasteiger partial charge < -0.3 is 15.7 Å². The van der Waals surface area contributed by atoms with Gasteiger partial charge in [-0.3, -0.25) is 0 Å². The first-order valence-corrected chi connectivity index (χ1v) is 6.05. The second kappa shape index (κ2) is 5.21. The summed E-state index contributed by atoms with van der Waals surface area (Å²) >= 11 is 0. The van der Waals surface area contributed by atoms with Crippen molar-refractivity contribution < 1.29 is 5.11 Å². The van der Waals surface area contributed by atoms with Crippen molar-refractivity contribution in [1.82, 2.24) is 0 Å². The summed E-state index contributed by atoms with van der Waals surface area (Å²) in [6.45, 7) is 2.26. The van der Waals surface area contributed by atoms with Crippen LogP contribution in [-0.4, -0.2) is 18.2 Å². The van der Waals surface area contributed by atoms with Crippen LogP contribution in [0.3, 0.4) is 0 Å². The molecule has 1 saturated heterocycles. The van der Waals surface area contributed by atoms with E-state index in [0.717, 1.165) is 30.0 Å². The normalized spacial score (nSPS) is 17.2. The quantitative estimate of drug-likeness (QED) is 0.751. The van der Waals surface area contributed by atoms with Gasteiger partial charge in [-0.1, -0.05) is 18.9 Å². The predicted octanol–water partition coefficient (Wildman–Crippen LogP) is 2.14. The number of hydrogen-bond donors (Lipinski definition) is 2. The lowest BCUT2D eigenvalue weighted by molar-refractivity contribution is 0.282. The molecule has 0 bridgehead atoms. The molecule has 88 valence electrons. The largest absolute Gasteiger partial charge is 0.397 e. The van der Waals surface area contributed by atoms with Gasteiger partial charge in [-0.05, 0) is 30.5 Å². The lowest BCUT2D eigenvalue weighted by Gasteiger charge is -2.24. The SMILES string of the molecule is Nc1cc(CO)ccc1N1CCCCCC1. The number of nitrogens with two attached hydrogens (primary N) is 1. The Hall–Kier alpha value is -1.22. The maximum absolute atomic E-state index is 9.04. The highest BCUT2D eigenvalue weighted by atomic mass is 16.3. The lowest BCUT2D eigenvalue weighted by atomic mass is 10.1. The van der Waals surface area contributed by atoms with Gasteiger partial charge in [0.25, 0.3) is 0 Å². The lowest BCUT2D eigenvalue weighted by Crippen LogP contribution is -2.24. The van der Waals surface area contributed by atoms with Crippen molar-refractivity contribution in [2.75, 3.05) is 23.7 Å². The molecule has 1 aromatic carbocycles. The molecule has 3 nitrogen and oxygen atoms in total. The van der Waals surface area contributed by atoms with Crippen LogP contribution in [0, 0.1) is 0 Å². The third kappa shape index (κ3) is 2.47. The molecule has 0 amide bonds. The van der Waals surface area contributed by atoms with Crippen LogP contribution in [-0.2, 0) is 6.61 Å². The minimum absolute atomic E-state index is 0.0600. The zero-order valence-electron chi connectivity index (χ0n) is 9.65. The van der Waals surface area contributed by atoms with Gasteiger partial charge >= 0.3 is 0 Å². The van der Waals surface area contributed by atoms with Crippen LogP contribution in [0.5, 0.6) is 0 Å². The van der Waals surface area contributed by atoms with E-state index < -0.39 is 0 Å². The Morgan fingerprint density at radius 3 is 2.38 bits per heavy atom. The van der Waals surface area contributed by atoms with Crippen LogP contribution in [0.4, 0.5) is 11.4 Å². The first kappa shape index (κ1) is 11.3. The molecule has 1 aliphatic rings. The van der Waals surface area contributed by atoms with Crippen molar-refractivity contribution in [2.24, 2.45) is 0 Å². The summed E-state index contributed by atoms with van der Waals surface area (Å²) in [5.41, 5.74) is 8.82. The van der Waals surface area contributed by atoms with Gasteiger partial charge in [-0.15, -0.1) is 0 Å². The zero-order valence-corrected chi connectivity index (χ0v) is 9.65. The molecular formula is C13H20N2O. The average Bonchev–Trinajstić information content (AvgIpc) is 2.57. The summed E-state index contributed by atoms with van der Waals surface area (Å²) in [5.74, 6) is 0. The first-order chi connectivity index (χ1) is 7.81. The predicted molar refractivity (Wildman–Crippen MR) is 67.5 cm³/mol. The minimum atomic E-state index is 0.0600. The number of aliphatic hydroxyl groups excluding tert-OH is 1. The number of benzene rings is 1. The number of nitrogens with zero attached hydrogens (tertiary/aromatic N) is 1. The Bertz CT molecular complexity index is 344. The topological polar surface area (TPSA) is 49.5 Å². The van der Waals surface area contributed by atoms with Crippen molar-refractivity contribution in [3.05, 3.63) is 23.8 Å². The minimum Gasteiger partial charge on any atom is -0.397 e. The van der Waals surface area contributed by atoms with Crippen LogP contribution in [0.1, 0.15) is 31.2 Å². The van der Waals surface area contributed by atoms with E-state index in [2.05, 4.69) is 4.90 Å². The molecule has 0 saturated carbocycles. The number of hydrogen-bond acceptors (Lipinski definition) is 3. The zero-order chi connectivity index (χ0) is 11.4. The highest BCUT2D eigenvalue weighted by Gasteiger charge is 2.12. The number of rotatable bonds is 2. The Balaban J connectivity index is 2.18. The Kier molecular flexibility index (Phi) is 3.67. The molecule has 1 fully saturated rings. The van der Waals surface area contributed by atoms with Gasteiger partial charge in [-0.2, -0.15) is 0 Å². The molecule has 0 aromatic heterocycles. The summed E-state index contributed by atoms with van der Waals surface area (Å²) < 4.78 is 0. The first-order valence-electron chi connectivity index (χ1n) is 6.05. The molecule has 0 spiro atoms. The Morgan fingerprint density at radius 1 is 1.12 bits per heavy atom. The van der Waals surface area contributed by atoms with Crippen molar-refractivity contribution in [3.8, 4) is 0 Å². The van der Waals surface area contributed by atoms with Crippen LogP contribution < -0.4 is 10.6 Å². The van der Waals surface area contributed by atoms with E-state index in [1.807, 2.05) is 18.2 Å². The second-order valence-electron chi connectivity index (χ2n) is 4.45. The van der Waals surface area contributed by atoms with E-state index in [4.69, 9.17) is 10.8 Å². The highest BCUT2D eigenvalue weighted by Crippen LogP contribution is 2.26. The summed E-state index contributed by atoms with van der Waals surface area (Å²) in [5, 5.41) is 9.04. The van der Waals surface area contributed by atoms with Gasteiger partial charge in [0.15, 0.2) is 0 Å². The number of nitrogen functional groups attached to an aromatic ring is 1. The van der Waals surface area contributed by atoms with Crippen molar-refractivity contribution in [2.45, 2.75) is 32.3 Å². The fourth-order valence-electron chi connectivity index (χ4n) is 2.30. The molecule has 16 heavy (non-hydrogen) atoms. The molecule has 1 aliphatic heterocycles. The molecule has 0 radical (unpaired) electrons. The van der Waals surface area contributed by atoms with E-state index in [1.54, 1.807) is 0 Å². The fourth-order valence-corrected chi connectivity index (χ4v) is 2.30. The van der Waals surface area contributed by atoms with E-state index >= 15 is 0 Å². The standard InChI is InChI=1S/C13H20N2O/c14-12-9-11(10-16)5-6-13(12)15-7-3-1-2-4-8-15/h5-6,9,16H,1-4,7-8,10,14H2. The molecule has 0 atom stereocenters. The number of anilines is 2. The summed E-state index contributed by atoms with van der Waals surface area (Å²) in [6.07, 6.45) is 5.15. The van der Waals surface area contributed by atoms with Gasteiger partial charge in [-0.25, -0.2) is 0 Å². The Labute approximate surface area is 96.9 Å². The molecule has 0 unspecified atom stereocenters. The fraction of sp³-hybridized carbons (Fsp3) is 0.538. The highest BCUT2D eigenvalue weighted by molar-refractivity contribution is 5.68. The van der Waals surface area contributed by atoms with Gasteiger partial charge in [0, 0.05) is 13.1 Å². The third-order valence-electron chi connectivity index (χ3n) is 3.22. The van der Waals surface area contributed by atoms with Crippen molar-refractivity contribution >= 4 is 11.4 Å². The van der Waals surface area contributed by atoms with E-state index in [0.29, 0.717) is 0 Å². The summed E-state index contributed by atoms with van der Waals surface area (Å²) in [6, 6.07) is 5.86. The maximum Gasteiger partial charge on any atom is 0.0682 e. The molecule has 1 aromatic rings. The van der Waals surface area contributed by atoms with E-state index in [-0.39, 0.29) is 6.61 Å². The monoisotopic (exact) mass is 220 g/mol. The van der Waals surface area contributed by atoms with Crippen LogP contribution in [0.25, 0.3) is 0 Å². The van der Waals surface area contributed by atoms with E-state index in [9.17, 15) is 0 Å². The molecule has 2 rings (SSSR count). The van der Waals surface area contributed by atoms with Gasteiger partial charge in [0.05, 0.1) is 18.0 Å². The molecule has 1 heterocycles. The summed E-state index contributed by atoms with van der Waals surface area (Å²) in [7, 11) is 0. The van der Waals surface area contributed by atoms with Crippen LogP contribution >= 0.6 is 0 Å². The van der Waals surface area contributed by atoms with Crippen LogP contribution in [0.2, 0.25) is 0 Å². The number of aliphatic hydroxyl groups is 1. The van der Waals surface area contributed by atoms with Crippen molar-refractivity contribution in [3.63, 3.8) is 0 Å². The second-order valence-corrected chi connectivity index (χ2v) is 4.45.